The van der Waals surface area contributed by atoms with Crippen LogP contribution in [-0.2, 0) is 4.74 Å². The summed E-state index contributed by atoms with van der Waals surface area (Å²) in [5, 5.41) is 10.8. The van der Waals surface area contributed by atoms with E-state index in [1.54, 1.807) is 0 Å². The highest BCUT2D eigenvalue weighted by atomic mass is 16.5. The number of para-hydroxylation sites is 1. The maximum atomic E-state index is 10.8. The number of rotatable bonds is 9. The van der Waals surface area contributed by atoms with Crippen LogP contribution in [0.3, 0.4) is 0 Å². The third kappa shape index (κ3) is 4.38. The molecule has 2 aliphatic carbocycles. The molecule has 3 atom stereocenters. The normalized spacial score (nSPS) is 33.2. The molecule has 3 aliphatic heterocycles. The molecule has 4 nitrogen and oxygen atoms in total. The fourth-order valence-corrected chi connectivity index (χ4v) is 7.54. The van der Waals surface area contributed by atoms with Crippen molar-refractivity contribution in [2.45, 2.75) is 70.6 Å². The van der Waals surface area contributed by atoms with Crippen molar-refractivity contribution in [3.8, 4) is 5.75 Å². The number of aliphatic hydroxyl groups excluding tert-OH is 1. The summed E-state index contributed by atoms with van der Waals surface area (Å²) in [5.74, 6) is 2.51. The Labute approximate surface area is 206 Å². The van der Waals surface area contributed by atoms with Crippen molar-refractivity contribution >= 4 is 0 Å². The van der Waals surface area contributed by atoms with Gasteiger partial charge >= 0.3 is 0 Å². The summed E-state index contributed by atoms with van der Waals surface area (Å²) in [5.41, 5.74) is -0.463. The lowest BCUT2D eigenvalue weighted by molar-refractivity contribution is -1.01. The van der Waals surface area contributed by atoms with Gasteiger partial charge in [0, 0.05) is 38.0 Å². The monoisotopic (exact) mass is 466 g/mol. The molecule has 6 rings (SSSR count). The van der Waals surface area contributed by atoms with E-state index in [1.165, 1.54) is 38.5 Å². The van der Waals surface area contributed by atoms with Gasteiger partial charge in [0.2, 0.25) is 5.72 Å². The van der Waals surface area contributed by atoms with Crippen molar-refractivity contribution in [1.82, 2.24) is 0 Å². The van der Waals surface area contributed by atoms with Gasteiger partial charge in [-0.1, -0.05) is 55.3 Å². The van der Waals surface area contributed by atoms with Crippen LogP contribution in [0.4, 0.5) is 0 Å². The summed E-state index contributed by atoms with van der Waals surface area (Å²) in [4.78, 5) is 0. The standard InChI is InChI=1S/C30H44NO3/c1-29(2,34-27-15-7-4-8-16-27)31-19-17-24(18-20-31)28(21-31)33-23-30(22-32,26-13-9-10-14-26)25-11-5-3-6-12-25/h3-8,11,15-16,24-26,28,32H,9-10,12-14,17-23H2,1-2H3/q+1. The second kappa shape index (κ2) is 9.79. The molecule has 1 N–H and O–H groups in total. The average molecular weight is 467 g/mol. The number of quaternary nitrogens is 1. The lowest BCUT2D eigenvalue weighted by Crippen LogP contribution is -2.73. The molecule has 1 aromatic carbocycles. The van der Waals surface area contributed by atoms with Crippen molar-refractivity contribution in [2.75, 3.05) is 32.8 Å². The first-order chi connectivity index (χ1) is 16.5. The highest BCUT2D eigenvalue weighted by molar-refractivity contribution is 5.21. The largest absolute Gasteiger partial charge is 0.441 e. The Morgan fingerprint density at radius 2 is 1.74 bits per heavy atom. The summed E-state index contributed by atoms with van der Waals surface area (Å²) in [7, 11) is 0. The van der Waals surface area contributed by atoms with Crippen LogP contribution >= 0.6 is 0 Å². The van der Waals surface area contributed by atoms with Crippen LogP contribution in [0, 0.1) is 23.2 Å². The van der Waals surface area contributed by atoms with Crippen LogP contribution in [0.15, 0.2) is 54.6 Å². The van der Waals surface area contributed by atoms with E-state index in [0.717, 1.165) is 36.3 Å². The summed E-state index contributed by atoms with van der Waals surface area (Å²) in [6, 6.07) is 10.3. The quantitative estimate of drug-likeness (QED) is 0.473. The Kier molecular flexibility index (Phi) is 6.94. The lowest BCUT2D eigenvalue weighted by Gasteiger charge is -2.58. The van der Waals surface area contributed by atoms with E-state index >= 15 is 0 Å². The molecule has 0 amide bonds. The number of hydrogen-bond donors (Lipinski definition) is 1. The van der Waals surface area contributed by atoms with E-state index in [4.69, 9.17) is 9.47 Å². The fraction of sp³-hybridized carbons (Fsp3) is 0.667. The fourth-order valence-electron chi connectivity index (χ4n) is 7.54. The number of piperidine rings is 3. The SMILES string of the molecule is CC(C)(Oc1ccccc1)[N+]12CCC(CC1)C(OCC(CO)(C1C=CC=CC1)C1CCCC1)C2. The highest BCUT2D eigenvalue weighted by Crippen LogP contribution is 2.49. The molecule has 2 bridgehead atoms. The van der Waals surface area contributed by atoms with Gasteiger partial charge in [0.25, 0.3) is 0 Å². The molecule has 186 valence electrons. The van der Waals surface area contributed by atoms with Crippen molar-refractivity contribution in [3.63, 3.8) is 0 Å². The molecule has 1 saturated carbocycles. The first-order valence-corrected chi connectivity index (χ1v) is 13.6. The zero-order valence-corrected chi connectivity index (χ0v) is 21.2. The number of aliphatic hydroxyl groups is 1. The minimum atomic E-state index is -0.301. The van der Waals surface area contributed by atoms with Crippen LogP contribution < -0.4 is 4.74 Å². The molecule has 1 aromatic rings. The summed E-state index contributed by atoms with van der Waals surface area (Å²) < 4.78 is 14.5. The minimum Gasteiger partial charge on any atom is -0.441 e. The second-order valence-corrected chi connectivity index (χ2v) is 11.9. The van der Waals surface area contributed by atoms with Crippen LogP contribution in [0.5, 0.6) is 5.75 Å². The molecule has 0 aromatic heterocycles. The van der Waals surface area contributed by atoms with Gasteiger partial charge in [-0.25, -0.2) is 0 Å². The van der Waals surface area contributed by atoms with E-state index in [0.29, 0.717) is 24.4 Å². The van der Waals surface area contributed by atoms with E-state index in [1.807, 2.05) is 18.2 Å². The van der Waals surface area contributed by atoms with E-state index in [2.05, 4.69) is 50.3 Å². The van der Waals surface area contributed by atoms with E-state index < -0.39 is 0 Å². The summed E-state index contributed by atoms with van der Waals surface area (Å²) >= 11 is 0. The molecule has 0 spiro atoms. The van der Waals surface area contributed by atoms with Crippen molar-refractivity contribution in [2.24, 2.45) is 23.2 Å². The number of ether oxygens (including phenoxy) is 2. The molecule has 5 aliphatic rings. The maximum Gasteiger partial charge on any atom is 0.237 e. The van der Waals surface area contributed by atoms with Crippen LogP contribution in [0.2, 0.25) is 0 Å². The van der Waals surface area contributed by atoms with E-state index in [9.17, 15) is 5.11 Å². The number of nitrogens with zero attached hydrogens (tertiary/aromatic N) is 1. The maximum absolute atomic E-state index is 10.8. The second-order valence-electron chi connectivity index (χ2n) is 11.9. The Morgan fingerprint density at radius 3 is 2.38 bits per heavy atom. The molecule has 3 heterocycles. The number of fused-ring (bicyclic) bond motifs is 3. The lowest BCUT2D eigenvalue weighted by atomic mass is 9.64. The average Bonchev–Trinajstić information content (AvgIpc) is 3.42. The van der Waals surface area contributed by atoms with Crippen LogP contribution in [0.1, 0.15) is 58.8 Å². The predicted octanol–water partition coefficient (Wildman–Crippen LogP) is 5.73. The van der Waals surface area contributed by atoms with Crippen molar-refractivity contribution < 1.29 is 19.1 Å². The number of hydrogen-bond acceptors (Lipinski definition) is 3. The van der Waals surface area contributed by atoms with Crippen LogP contribution in [0.25, 0.3) is 0 Å². The topological polar surface area (TPSA) is 38.7 Å². The van der Waals surface area contributed by atoms with Gasteiger partial charge in [0.15, 0.2) is 0 Å². The molecule has 34 heavy (non-hydrogen) atoms. The molecule has 3 saturated heterocycles. The molecule has 4 fully saturated rings. The minimum absolute atomic E-state index is 0.162. The Morgan fingerprint density at radius 1 is 1.00 bits per heavy atom. The zero-order chi connectivity index (χ0) is 23.7. The molecule has 3 unspecified atom stereocenters. The smallest absolute Gasteiger partial charge is 0.237 e. The molecular formula is C30H44NO3+. The van der Waals surface area contributed by atoms with Crippen molar-refractivity contribution in [1.29, 1.82) is 0 Å². The van der Waals surface area contributed by atoms with Gasteiger partial charge < -0.3 is 14.6 Å². The third-order valence-corrected chi connectivity index (χ3v) is 9.91. The predicted molar refractivity (Wildman–Crippen MR) is 136 cm³/mol. The first kappa shape index (κ1) is 24.1. The van der Waals surface area contributed by atoms with Gasteiger partial charge in [-0.3, -0.25) is 4.48 Å². The summed E-state index contributed by atoms with van der Waals surface area (Å²) in [6.07, 6.45) is 17.6. The van der Waals surface area contributed by atoms with Crippen molar-refractivity contribution in [3.05, 3.63) is 54.6 Å². The van der Waals surface area contributed by atoms with Gasteiger partial charge in [-0.15, -0.1) is 0 Å². The molecular weight excluding hydrogens is 422 g/mol. The van der Waals surface area contributed by atoms with Gasteiger partial charge in [-0.05, 0) is 43.2 Å². The third-order valence-electron chi connectivity index (χ3n) is 9.91. The molecule has 4 heteroatoms. The Balaban J connectivity index is 1.33. The Bertz CT molecular complexity index is 864. The number of allylic oxidation sites excluding steroid dienone is 4. The summed E-state index contributed by atoms with van der Waals surface area (Å²) in [6.45, 7) is 8.76. The zero-order valence-electron chi connectivity index (χ0n) is 21.2. The van der Waals surface area contributed by atoms with E-state index in [-0.39, 0.29) is 23.9 Å². The highest BCUT2D eigenvalue weighted by Gasteiger charge is 2.56. The van der Waals surface area contributed by atoms with Gasteiger partial charge in [0.1, 0.15) is 18.4 Å². The molecule has 0 radical (unpaired) electrons. The first-order valence-electron chi connectivity index (χ1n) is 13.6. The van der Waals surface area contributed by atoms with Gasteiger partial charge in [0.05, 0.1) is 26.3 Å². The number of benzene rings is 1. The van der Waals surface area contributed by atoms with Gasteiger partial charge in [-0.2, -0.15) is 0 Å². The Hall–Kier alpha value is -1.62. The van der Waals surface area contributed by atoms with Crippen LogP contribution in [-0.4, -0.2) is 54.3 Å².